The van der Waals surface area contributed by atoms with Crippen LogP contribution in [0.25, 0.3) is 10.9 Å². The molecule has 126 valence electrons. The van der Waals surface area contributed by atoms with Gasteiger partial charge in [-0.2, -0.15) is 0 Å². The summed E-state index contributed by atoms with van der Waals surface area (Å²) in [4.78, 5) is 5.30. The second kappa shape index (κ2) is 6.66. The molecule has 1 aliphatic rings. The number of nitrogens with zero attached hydrogens (tertiary/aromatic N) is 3. The van der Waals surface area contributed by atoms with Crippen molar-refractivity contribution in [1.29, 1.82) is 0 Å². The van der Waals surface area contributed by atoms with Gasteiger partial charge in [-0.25, -0.2) is 0 Å². The summed E-state index contributed by atoms with van der Waals surface area (Å²) in [6.07, 6.45) is 1.24. The van der Waals surface area contributed by atoms with E-state index in [-0.39, 0.29) is 0 Å². The zero-order chi connectivity index (χ0) is 16.6. The van der Waals surface area contributed by atoms with E-state index in [4.69, 9.17) is 0 Å². The Hall–Kier alpha value is -1.32. The van der Waals surface area contributed by atoms with Crippen molar-refractivity contribution < 1.29 is 0 Å². The fraction of sp³-hybridized carbons (Fsp3) is 0.600. The van der Waals surface area contributed by atoms with E-state index in [1.54, 1.807) is 0 Å². The van der Waals surface area contributed by atoms with Gasteiger partial charge in [0.05, 0.1) is 0 Å². The number of piperazine rings is 1. The van der Waals surface area contributed by atoms with Gasteiger partial charge < -0.3 is 4.57 Å². The van der Waals surface area contributed by atoms with Crippen molar-refractivity contribution in [3.8, 4) is 0 Å². The molecule has 3 rings (SSSR count). The van der Waals surface area contributed by atoms with Crippen molar-refractivity contribution in [2.75, 3.05) is 19.6 Å². The lowest BCUT2D eigenvalue weighted by Gasteiger charge is -2.43. The molecule has 0 N–H and O–H groups in total. The molecule has 0 radical (unpaired) electrons. The Balaban J connectivity index is 1.76. The standard InChI is InChI=1S/C20H31N3/c1-6-18-13-22(9-10-23(18)15(2)3)14-19-12-17-11-16(4)7-8-20(17)21(19)5/h7-8,11-12,15,18H,6,9-10,13-14H2,1-5H3. The van der Waals surface area contributed by atoms with E-state index in [0.29, 0.717) is 12.1 Å². The largest absolute Gasteiger partial charge is 0.346 e. The average molecular weight is 313 g/mol. The molecule has 2 aromatic rings. The Bertz CT molecular complexity index is 671. The molecule has 23 heavy (non-hydrogen) atoms. The van der Waals surface area contributed by atoms with E-state index < -0.39 is 0 Å². The number of benzene rings is 1. The van der Waals surface area contributed by atoms with Crippen LogP contribution in [0.2, 0.25) is 0 Å². The molecule has 0 saturated carbocycles. The molecule has 0 spiro atoms. The SMILES string of the molecule is CCC1CN(Cc2cc3cc(C)ccc3n2C)CCN1C(C)C. The molecule has 0 bridgehead atoms. The Morgan fingerprint density at radius 3 is 2.65 bits per heavy atom. The van der Waals surface area contributed by atoms with Crippen LogP contribution in [0.1, 0.15) is 38.4 Å². The molecular formula is C20H31N3. The molecule has 1 saturated heterocycles. The Morgan fingerprint density at radius 2 is 1.96 bits per heavy atom. The zero-order valence-corrected chi connectivity index (χ0v) is 15.3. The van der Waals surface area contributed by atoms with Gasteiger partial charge in [0.25, 0.3) is 0 Å². The van der Waals surface area contributed by atoms with E-state index in [1.807, 2.05) is 0 Å². The monoisotopic (exact) mass is 313 g/mol. The maximum atomic E-state index is 2.67. The minimum absolute atomic E-state index is 0.655. The van der Waals surface area contributed by atoms with Gasteiger partial charge in [0.1, 0.15) is 0 Å². The van der Waals surface area contributed by atoms with Gasteiger partial charge in [-0.3, -0.25) is 9.80 Å². The van der Waals surface area contributed by atoms with Crippen molar-refractivity contribution in [3.05, 3.63) is 35.5 Å². The average Bonchev–Trinajstić information content (AvgIpc) is 2.82. The second-order valence-electron chi connectivity index (χ2n) is 7.39. The Kier molecular flexibility index (Phi) is 4.79. The minimum Gasteiger partial charge on any atom is -0.346 e. The highest BCUT2D eigenvalue weighted by Crippen LogP contribution is 2.23. The fourth-order valence-corrected chi connectivity index (χ4v) is 4.03. The van der Waals surface area contributed by atoms with Gasteiger partial charge in [-0.05, 0) is 45.4 Å². The van der Waals surface area contributed by atoms with E-state index in [2.05, 4.69) is 73.4 Å². The third-order valence-electron chi connectivity index (χ3n) is 5.43. The lowest BCUT2D eigenvalue weighted by Crippen LogP contribution is -2.54. The van der Waals surface area contributed by atoms with Gasteiger partial charge in [-0.1, -0.05) is 18.6 Å². The molecule has 1 atom stereocenters. The molecule has 3 nitrogen and oxygen atoms in total. The summed E-state index contributed by atoms with van der Waals surface area (Å²) in [7, 11) is 2.20. The van der Waals surface area contributed by atoms with Crippen LogP contribution in [0.3, 0.4) is 0 Å². The first-order valence-electron chi connectivity index (χ1n) is 9.02. The van der Waals surface area contributed by atoms with Gasteiger partial charge in [-0.15, -0.1) is 0 Å². The highest BCUT2D eigenvalue weighted by Gasteiger charge is 2.27. The molecule has 3 heteroatoms. The van der Waals surface area contributed by atoms with Crippen LogP contribution in [-0.4, -0.2) is 46.1 Å². The van der Waals surface area contributed by atoms with E-state index in [9.17, 15) is 0 Å². The first kappa shape index (κ1) is 16.5. The molecule has 2 heterocycles. The van der Waals surface area contributed by atoms with Gasteiger partial charge >= 0.3 is 0 Å². The normalized spacial score (nSPS) is 20.7. The van der Waals surface area contributed by atoms with Crippen LogP contribution in [0.5, 0.6) is 0 Å². The van der Waals surface area contributed by atoms with E-state index in [0.717, 1.165) is 6.54 Å². The number of aryl methyl sites for hydroxylation is 2. The fourth-order valence-electron chi connectivity index (χ4n) is 4.03. The molecule has 1 aliphatic heterocycles. The summed E-state index contributed by atoms with van der Waals surface area (Å²) in [5.74, 6) is 0. The number of hydrogen-bond acceptors (Lipinski definition) is 2. The number of hydrogen-bond donors (Lipinski definition) is 0. The van der Waals surface area contributed by atoms with Gasteiger partial charge in [0, 0.05) is 61.9 Å². The van der Waals surface area contributed by atoms with Crippen molar-refractivity contribution >= 4 is 10.9 Å². The van der Waals surface area contributed by atoms with E-state index in [1.165, 1.54) is 48.2 Å². The predicted molar refractivity (Wildman–Crippen MR) is 98.9 cm³/mol. The van der Waals surface area contributed by atoms with Gasteiger partial charge in [0.2, 0.25) is 0 Å². The summed E-state index contributed by atoms with van der Waals surface area (Å²) < 4.78 is 2.37. The summed E-state index contributed by atoms with van der Waals surface area (Å²) >= 11 is 0. The van der Waals surface area contributed by atoms with Crippen LogP contribution in [0, 0.1) is 6.92 Å². The van der Waals surface area contributed by atoms with Crippen LogP contribution in [0.15, 0.2) is 24.3 Å². The number of rotatable bonds is 4. The molecule has 0 aliphatic carbocycles. The molecular weight excluding hydrogens is 282 g/mol. The maximum Gasteiger partial charge on any atom is 0.0480 e. The smallest absolute Gasteiger partial charge is 0.0480 e. The van der Waals surface area contributed by atoms with Crippen molar-refractivity contribution in [3.63, 3.8) is 0 Å². The third-order valence-corrected chi connectivity index (χ3v) is 5.43. The lowest BCUT2D eigenvalue weighted by atomic mass is 10.1. The summed E-state index contributed by atoms with van der Waals surface area (Å²) in [6.45, 7) is 13.8. The maximum absolute atomic E-state index is 2.67. The molecule has 1 fully saturated rings. The summed E-state index contributed by atoms with van der Waals surface area (Å²) in [5.41, 5.74) is 4.11. The lowest BCUT2D eigenvalue weighted by molar-refractivity contribution is 0.0448. The van der Waals surface area contributed by atoms with Crippen molar-refractivity contribution in [1.82, 2.24) is 14.4 Å². The number of aromatic nitrogens is 1. The topological polar surface area (TPSA) is 11.4 Å². The van der Waals surface area contributed by atoms with Gasteiger partial charge in [0.15, 0.2) is 0 Å². The molecule has 1 aromatic carbocycles. The highest BCUT2D eigenvalue weighted by molar-refractivity contribution is 5.82. The second-order valence-corrected chi connectivity index (χ2v) is 7.39. The minimum atomic E-state index is 0.655. The highest BCUT2D eigenvalue weighted by atomic mass is 15.3. The first-order valence-corrected chi connectivity index (χ1v) is 9.02. The Morgan fingerprint density at radius 1 is 1.17 bits per heavy atom. The quantitative estimate of drug-likeness (QED) is 0.851. The predicted octanol–water partition coefficient (Wildman–Crippen LogP) is 3.79. The Labute approximate surface area is 140 Å². The van der Waals surface area contributed by atoms with E-state index >= 15 is 0 Å². The molecule has 0 amide bonds. The van der Waals surface area contributed by atoms with Crippen LogP contribution < -0.4 is 0 Å². The van der Waals surface area contributed by atoms with Crippen LogP contribution in [-0.2, 0) is 13.6 Å². The molecule has 1 aromatic heterocycles. The third kappa shape index (κ3) is 3.31. The molecule has 1 unspecified atom stereocenters. The van der Waals surface area contributed by atoms with Crippen molar-refractivity contribution in [2.45, 2.75) is 52.7 Å². The zero-order valence-electron chi connectivity index (χ0n) is 15.3. The van der Waals surface area contributed by atoms with Crippen molar-refractivity contribution in [2.24, 2.45) is 7.05 Å². The summed E-state index contributed by atoms with van der Waals surface area (Å²) in [5, 5.41) is 1.37. The van der Waals surface area contributed by atoms with Crippen LogP contribution >= 0.6 is 0 Å². The summed E-state index contributed by atoms with van der Waals surface area (Å²) in [6, 6.07) is 10.5. The number of fused-ring (bicyclic) bond motifs is 1. The first-order chi connectivity index (χ1) is 11.0. The van der Waals surface area contributed by atoms with Crippen LogP contribution in [0.4, 0.5) is 0 Å².